The number of benzene rings is 1. The summed E-state index contributed by atoms with van der Waals surface area (Å²) in [4.78, 5) is 12.4. The van der Waals surface area contributed by atoms with Crippen molar-refractivity contribution in [1.29, 1.82) is 0 Å². The number of amides is 1. The Bertz CT molecular complexity index is 893. The Morgan fingerprint density at radius 1 is 1.21 bits per heavy atom. The van der Waals surface area contributed by atoms with Crippen molar-refractivity contribution in [3.8, 4) is 5.75 Å². The molecule has 4 bridgehead atoms. The van der Waals surface area contributed by atoms with E-state index >= 15 is 0 Å². The molecule has 5 nitrogen and oxygen atoms in total. The van der Waals surface area contributed by atoms with Gasteiger partial charge in [-0.25, -0.2) is 4.39 Å². The van der Waals surface area contributed by atoms with Crippen molar-refractivity contribution in [1.82, 2.24) is 10.2 Å². The molecule has 4 fully saturated rings. The summed E-state index contributed by atoms with van der Waals surface area (Å²) in [6.07, 6.45) is 8.65. The Morgan fingerprint density at radius 3 is 2.52 bits per heavy atom. The standard InChI is InChI=1S/C22H26FN3O2S/c1-28-18-4-2-13(9-17(18)23)3-5-19(27)24-21-26-25-20(29-21)22-10-14-6-15(11-22)8-16(7-14)12-22/h2,4,9,14-16H,3,5-8,10-12H2,1H3,(H,24,26,27). The van der Waals surface area contributed by atoms with Crippen LogP contribution in [-0.2, 0) is 16.6 Å². The third-order valence-corrected chi connectivity index (χ3v) is 8.11. The van der Waals surface area contributed by atoms with E-state index in [0.29, 0.717) is 11.6 Å². The minimum atomic E-state index is -0.408. The molecule has 1 aromatic carbocycles. The van der Waals surface area contributed by atoms with Gasteiger partial charge in [-0.15, -0.1) is 10.2 Å². The maximum Gasteiger partial charge on any atom is 0.226 e. The van der Waals surface area contributed by atoms with Crippen LogP contribution in [0.3, 0.4) is 0 Å². The Hall–Kier alpha value is -2.02. The van der Waals surface area contributed by atoms with Crippen LogP contribution < -0.4 is 10.1 Å². The molecule has 154 valence electrons. The van der Waals surface area contributed by atoms with Gasteiger partial charge in [0, 0.05) is 11.8 Å². The number of halogens is 1. The molecule has 1 amide bonds. The lowest BCUT2D eigenvalue weighted by atomic mass is 9.50. The van der Waals surface area contributed by atoms with Crippen LogP contribution in [0.15, 0.2) is 18.2 Å². The summed E-state index contributed by atoms with van der Waals surface area (Å²) in [5, 5.41) is 13.4. The van der Waals surface area contributed by atoms with Crippen LogP contribution in [0.2, 0.25) is 0 Å². The molecule has 1 aromatic heterocycles. The van der Waals surface area contributed by atoms with Gasteiger partial charge in [-0.3, -0.25) is 4.79 Å². The van der Waals surface area contributed by atoms with Crippen molar-refractivity contribution in [3.63, 3.8) is 0 Å². The van der Waals surface area contributed by atoms with E-state index in [4.69, 9.17) is 4.74 Å². The predicted molar refractivity (Wildman–Crippen MR) is 110 cm³/mol. The summed E-state index contributed by atoms with van der Waals surface area (Å²) in [5.41, 5.74) is 0.973. The number of hydrogen-bond acceptors (Lipinski definition) is 5. The fourth-order valence-electron chi connectivity index (χ4n) is 6.17. The minimum absolute atomic E-state index is 0.116. The number of aryl methyl sites for hydroxylation is 1. The van der Waals surface area contributed by atoms with Crippen molar-refractivity contribution in [3.05, 3.63) is 34.6 Å². The van der Waals surface area contributed by atoms with E-state index in [1.807, 2.05) is 0 Å². The van der Waals surface area contributed by atoms with Crippen LogP contribution in [0.1, 0.15) is 55.5 Å². The van der Waals surface area contributed by atoms with Crippen molar-refractivity contribution in [2.45, 2.75) is 56.8 Å². The molecule has 1 heterocycles. The minimum Gasteiger partial charge on any atom is -0.494 e. The zero-order valence-electron chi connectivity index (χ0n) is 16.6. The van der Waals surface area contributed by atoms with Crippen molar-refractivity contribution in [2.24, 2.45) is 17.8 Å². The van der Waals surface area contributed by atoms with Gasteiger partial charge in [0.1, 0.15) is 5.01 Å². The molecule has 7 heteroatoms. The maximum absolute atomic E-state index is 13.8. The molecule has 0 atom stereocenters. The number of carbonyl (C=O) groups is 1. The number of anilines is 1. The van der Waals surface area contributed by atoms with Crippen LogP contribution in [0, 0.1) is 23.6 Å². The molecule has 0 unspecified atom stereocenters. The summed E-state index contributed by atoms with van der Waals surface area (Å²) in [5.74, 6) is 2.25. The SMILES string of the molecule is COc1ccc(CCC(=O)Nc2nnc(C34CC5CC(CC(C5)C3)C4)s2)cc1F. The van der Waals surface area contributed by atoms with Gasteiger partial charge in [0.15, 0.2) is 11.6 Å². The third kappa shape index (κ3) is 3.65. The van der Waals surface area contributed by atoms with E-state index in [1.54, 1.807) is 23.5 Å². The highest BCUT2D eigenvalue weighted by Gasteiger charge is 2.53. The molecule has 0 spiro atoms. The first-order chi connectivity index (χ1) is 14.0. The number of hydrogen-bond donors (Lipinski definition) is 1. The summed E-state index contributed by atoms with van der Waals surface area (Å²) in [6.45, 7) is 0. The Labute approximate surface area is 174 Å². The average Bonchev–Trinajstić information content (AvgIpc) is 3.15. The quantitative estimate of drug-likeness (QED) is 0.741. The van der Waals surface area contributed by atoms with Crippen LogP contribution in [0.5, 0.6) is 5.75 Å². The summed E-state index contributed by atoms with van der Waals surface area (Å²) in [6, 6.07) is 4.79. The molecular weight excluding hydrogens is 389 g/mol. The largest absolute Gasteiger partial charge is 0.494 e. The smallest absolute Gasteiger partial charge is 0.226 e. The van der Waals surface area contributed by atoms with E-state index in [-0.39, 0.29) is 23.5 Å². The first-order valence-electron chi connectivity index (χ1n) is 10.5. The van der Waals surface area contributed by atoms with Crippen LogP contribution in [-0.4, -0.2) is 23.2 Å². The fourth-order valence-corrected chi connectivity index (χ4v) is 7.14. The third-order valence-electron chi connectivity index (χ3n) is 7.02. The van der Waals surface area contributed by atoms with E-state index in [0.717, 1.165) is 28.3 Å². The zero-order valence-corrected chi connectivity index (χ0v) is 17.4. The second kappa shape index (κ2) is 7.35. The topological polar surface area (TPSA) is 64.1 Å². The summed E-state index contributed by atoms with van der Waals surface area (Å²) in [7, 11) is 1.44. The number of carbonyl (C=O) groups excluding carboxylic acids is 1. The van der Waals surface area contributed by atoms with Crippen molar-refractivity contribution in [2.75, 3.05) is 12.4 Å². The monoisotopic (exact) mass is 415 g/mol. The Morgan fingerprint density at radius 2 is 1.90 bits per heavy atom. The first-order valence-corrected chi connectivity index (χ1v) is 11.3. The van der Waals surface area contributed by atoms with E-state index in [9.17, 15) is 9.18 Å². The van der Waals surface area contributed by atoms with Gasteiger partial charge in [-0.1, -0.05) is 17.4 Å². The lowest BCUT2D eigenvalue weighted by Gasteiger charge is -2.55. The lowest BCUT2D eigenvalue weighted by molar-refractivity contribution is -0.116. The maximum atomic E-state index is 13.8. The van der Waals surface area contributed by atoms with Gasteiger partial charge in [0.25, 0.3) is 0 Å². The highest BCUT2D eigenvalue weighted by atomic mass is 32.1. The van der Waals surface area contributed by atoms with Gasteiger partial charge in [-0.05, 0) is 80.4 Å². The molecule has 0 radical (unpaired) electrons. The van der Waals surface area contributed by atoms with Crippen LogP contribution in [0.25, 0.3) is 0 Å². The number of aromatic nitrogens is 2. The second-order valence-corrected chi connectivity index (χ2v) is 10.1. The van der Waals surface area contributed by atoms with Crippen molar-refractivity contribution < 1.29 is 13.9 Å². The van der Waals surface area contributed by atoms with E-state index in [1.165, 1.54) is 51.7 Å². The molecule has 0 aliphatic heterocycles. The predicted octanol–water partition coefficient (Wildman–Crippen LogP) is 4.72. The van der Waals surface area contributed by atoms with E-state index in [2.05, 4.69) is 15.5 Å². The highest BCUT2D eigenvalue weighted by molar-refractivity contribution is 7.15. The van der Waals surface area contributed by atoms with Crippen LogP contribution >= 0.6 is 11.3 Å². The summed E-state index contributed by atoms with van der Waals surface area (Å²) >= 11 is 1.55. The van der Waals surface area contributed by atoms with Gasteiger partial charge in [-0.2, -0.15) is 0 Å². The van der Waals surface area contributed by atoms with Crippen molar-refractivity contribution >= 4 is 22.4 Å². The van der Waals surface area contributed by atoms with Gasteiger partial charge in [0.05, 0.1) is 7.11 Å². The molecule has 1 N–H and O–H groups in total. The van der Waals surface area contributed by atoms with Gasteiger partial charge >= 0.3 is 0 Å². The molecule has 4 aliphatic carbocycles. The molecule has 2 aromatic rings. The fraction of sp³-hybridized carbons (Fsp3) is 0.591. The number of ether oxygens (including phenoxy) is 1. The number of rotatable bonds is 6. The van der Waals surface area contributed by atoms with E-state index < -0.39 is 5.82 Å². The molecule has 4 saturated carbocycles. The molecule has 0 saturated heterocycles. The highest BCUT2D eigenvalue weighted by Crippen LogP contribution is 2.61. The molecule has 4 aliphatic rings. The molecule has 29 heavy (non-hydrogen) atoms. The Balaban J connectivity index is 1.20. The number of nitrogens with one attached hydrogen (secondary N) is 1. The normalized spacial score (nSPS) is 29.8. The van der Waals surface area contributed by atoms with Gasteiger partial charge < -0.3 is 10.1 Å². The molecular formula is C22H26FN3O2S. The summed E-state index contributed by atoms with van der Waals surface area (Å²) < 4.78 is 18.7. The average molecular weight is 416 g/mol. The van der Waals surface area contributed by atoms with Crippen LogP contribution in [0.4, 0.5) is 9.52 Å². The second-order valence-electron chi connectivity index (χ2n) is 9.13. The number of methoxy groups -OCH3 is 1. The Kier molecular flexibility index (Phi) is 4.81. The lowest BCUT2D eigenvalue weighted by Crippen LogP contribution is -2.48. The van der Waals surface area contributed by atoms with Gasteiger partial charge in [0.2, 0.25) is 11.0 Å². The number of nitrogens with zero attached hydrogens (tertiary/aromatic N) is 2. The zero-order chi connectivity index (χ0) is 20.0. The molecule has 6 rings (SSSR count). The first kappa shape index (κ1) is 19.0.